The Morgan fingerprint density at radius 1 is 1.42 bits per heavy atom. The van der Waals surface area contributed by atoms with Gasteiger partial charge in [-0.05, 0) is 31.2 Å². The summed E-state index contributed by atoms with van der Waals surface area (Å²) in [4.78, 5) is 2.10. The lowest BCUT2D eigenvalue weighted by atomic mass is 10.0. The van der Waals surface area contributed by atoms with Gasteiger partial charge in [0, 0.05) is 31.2 Å². The van der Waals surface area contributed by atoms with Gasteiger partial charge in [-0.15, -0.1) is 0 Å². The van der Waals surface area contributed by atoms with Gasteiger partial charge in [0.25, 0.3) is 0 Å². The molecule has 1 fully saturated rings. The Balaban J connectivity index is 1.92. The molecule has 0 amide bonds. The van der Waals surface area contributed by atoms with E-state index >= 15 is 0 Å². The zero-order valence-electron chi connectivity index (χ0n) is 11.7. The molecule has 0 saturated carbocycles. The molecule has 2 unspecified atom stereocenters. The topological polar surface area (TPSA) is 24.5 Å². The summed E-state index contributed by atoms with van der Waals surface area (Å²) in [6, 6.07) is 7.15. The van der Waals surface area contributed by atoms with Gasteiger partial charge in [0.15, 0.2) is 0 Å². The maximum absolute atomic E-state index is 13.2. The van der Waals surface area contributed by atoms with E-state index in [1.165, 1.54) is 6.07 Å². The lowest BCUT2D eigenvalue weighted by Crippen LogP contribution is -2.41. The second-order valence-electron chi connectivity index (χ2n) is 5.22. The van der Waals surface area contributed by atoms with E-state index in [1.54, 1.807) is 12.1 Å². The fourth-order valence-electron chi connectivity index (χ4n) is 2.50. The van der Waals surface area contributed by atoms with E-state index < -0.39 is 0 Å². The molecule has 1 heterocycles. The highest BCUT2D eigenvalue weighted by molar-refractivity contribution is 5.45. The molecule has 0 bridgehead atoms. The van der Waals surface area contributed by atoms with Crippen molar-refractivity contribution in [3.05, 3.63) is 30.1 Å². The van der Waals surface area contributed by atoms with E-state index in [4.69, 9.17) is 4.74 Å². The normalized spacial score (nSPS) is 22.7. The fraction of sp³-hybridized carbons (Fsp3) is 0.600. The first-order valence-corrected chi connectivity index (χ1v) is 6.98. The standard InChI is InChI=1S/C15H23FN2O/c1-3-7-17-15-11-19-10-12(15)9-18(2)14-6-4-5-13(16)8-14/h4-6,8,12,15,17H,3,7,9-11H2,1-2H3. The van der Waals surface area contributed by atoms with E-state index in [0.29, 0.717) is 12.0 Å². The predicted octanol–water partition coefficient (Wildman–Crippen LogP) is 2.28. The van der Waals surface area contributed by atoms with Crippen LogP contribution in [0.2, 0.25) is 0 Å². The minimum atomic E-state index is -0.187. The number of benzene rings is 1. The number of hydrogen-bond acceptors (Lipinski definition) is 3. The Hall–Kier alpha value is -1.13. The van der Waals surface area contributed by atoms with Crippen molar-refractivity contribution in [2.45, 2.75) is 19.4 Å². The first-order valence-electron chi connectivity index (χ1n) is 6.98. The van der Waals surface area contributed by atoms with Crippen LogP contribution in [0.3, 0.4) is 0 Å². The van der Waals surface area contributed by atoms with Crippen molar-refractivity contribution in [3.8, 4) is 0 Å². The highest BCUT2D eigenvalue weighted by atomic mass is 19.1. The molecule has 0 spiro atoms. The Morgan fingerprint density at radius 2 is 2.26 bits per heavy atom. The molecule has 1 aliphatic rings. The number of ether oxygens (including phenoxy) is 1. The van der Waals surface area contributed by atoms with Crippen LogP contribution in [0.15, 0.2) is 24.3 Å². The quantitative estimate of drug-likeness (QED) is 0.855. The second-order valence-corrected chi connectivity index (χ2v) is 5.22. The average molecular weight is 266 g/mol. The Bertz CT molecular complexity index is 399. The van der Waals surface area contributed by atoms with Crippen LogP contribution in [-0.4, -0.2) is 39.4 Å². The number of nitrogens with zero attached hydrogens (tertiary/aromatic N) is 1. The van der Waals surface area contributed by atoms with Crippen LogP contribution >= 0.6 is 0 Å². The summed E-state index contributed by atoms with van der Waals surface area (Å²) in [5.74, 6) is 0.271. The van der Waals surface area contributed by atoms with E-state index in [0.717, 1.165) is 38.4 Å². The number of hydrogen-bond donors (Lipinski definition) is 1. The van der Waals surface area contributed by atoms with E-state index in [9.17, 15) is 4.39 Å². The van der Waals surface area contributed by atoms with E-state index in [2.05, 4.69) is 17.1 Å². The minimum absolute atomic E-state index is 0.187. The van der Waals surface area contributed by atoms with E-state index in [1.807, 2.05) is 13.1 Å². The van der Waals surface area contributed by atoms with Gasteiger partial charge >= 0.3 is 0 Å². The molecule has 1 N–H and O–H groups in total. The van der Waals surface area contributed by atoms with Crippen molar-refractivity contribution in [1.29, 1.82) is 0 Å². The third-order valence-electron chi connectivity index (χ3n) is 3.61. The number of nitrogens with one attached hydrogen (secondary N) is 1. The van der Waals surface area contributed by atoms with Gasteiger partial charge in [-0.25, -0.2) is 4.39 Å². The van der Waals surface area contributed by atoms with Crippen LogP contribution in [0.25, 0.3) is 0 Å². The Morgan fingerprint density at radius 3 is 3.00 bits per heavy atom. The lowest BCUT2D eigenvalue weighted by molar-refractivity contribution is 0.183. The SMILES string of the molecule is CCCNC1COCC1CN(C)c1cccc(F)c1. The maximum Gasteiger partial charge on any atom is 0.125 e. The summed E-state index contributed by atoms with van der Waals surface area (Å²) in [5, 5.41) is 3.52. The highest BCUT2D eigenvalue weighted by Crippen LogP contribution is 2.20. The van der Waals surface area contributed by atoms with Gasteiger partial charge in [-0.3, -0.25) is 0 Å². The second kappa shape index (κ2) is 6.87. The molecule has 1 saturated heterocycles. The fourth-order valence-corrected chi connectivity index (χ4v) is 2.50. The maximum atomic E-state index is 13.2. The van der Waals surface area contributed by atoms with Crippen LogP contribution in [0.1, 0.15) is 13.3 Å². The summed E-state index contributed by atoms with van der Waals surface area (Å²) in [6.45, 7) is 5.62. The monoisotopic (exact) mass is 266 g/mol. The molecule has 4 heteroatoms. The summed E-state index contributed by atoms with van der Waals surface area (Å²) >= 11 is 0. The molecule has 0 aromatic heterocycles. The Labute approximate surface area is 114 Å². The van der Waals surface area contributed by atoms with E-state index in [-0.39, 0.29) is 5.82 Å². The molecule has 1 aliphatic heterocycles. The summed E-state index contributed by atoms with van der Waals surface area (Å²) < 4.78 is 18.8. The lowest BCUT2D eigenvalue weighted by Gasteiger charge is -2.26. The molecular formula is C15H23FN2O. The van der Waals surface area contributed by atoms with Gasteiger partial charge in [-0.1, -0.05) is 13.0 Å². The van der Waals surface area contributed by atoms with Crippen LogP contribution in [0, 0.1) is 11.7 Å². The third kappa shape index (κ3) is 3.91. The molecule has 1 aromatic rings. The third-order valence-corrected chi connectivity index (χ3v) is 3.61. The summed E-state index contributed by atoms with van der Waals surface area (Å²) in [6.07, 6.45) is 1.13. The summed E-state index contributed by atoms with van der Waals surface area (Å²) in [7, 11) is 2.00. The van der Waals surface area contributed by atoms with Crippen molar-refractivity contribution in [2.24, 2.45) is 5.92 Å². The first kappa shape index (κ1) is 14.3. The van der Waals surface area contributed by atoms with Gasteiger partial charge < -0.3 is 15.0 Å². The minimum Gasteiger partial charge on any atom is -0.379 e. The number of anilines is 1. The molecular weight excluding hydrogens is 243 g/mol. The van der Waals surface area contributed by atoms with Crippen molar-refractivity contribution in [1.82, 2.24) is 5.32 Å². The molecule has 0 radical (unpaired) electrons. The number of rotatable bonds is 6. The molecule has 1 aromatic carbocycles. The van der Waals surface area contributed by atoms with Crippen LogP contribution in [0.5, 0.6) is 0 Å². The predicted molar refractivity (Wildman–Crippen MR) is 76.1 cm³/mol. The van der Waals surface area contributed by atoms with Crippen molar-refractivity contribution < 1.29 is 9.13 Å². The molecule has 106 valence electrons. The molecule has 2 atom stereocenters. The highest BCUT2D eigenvalue weighted by Gasteiger charge is 2.28. The van der Waals surface area contributed by atoms with Gasteiger partial charge in [-0.2, -0.15) is 0 Å². The number of halogens is 1. The smallest absolute Gasteiger partial charge is 0.125 e. The van der Waals surface area contributed by atoms with Gasteiger partial charge in [0.2, 0.25) is 0 Å². The Kier molecular flexibility index (Phi) is 5.16. The zero-order chi connectivity index (χ0) is 13.7. The van der Waals surface area contributed by atoms with Gasteiger partial charge in [0.1, 0.15) is 5.82 Å². The van der Waals surface area contributed by atoms with Crippen LogP contribution in [-0.2, 0) is 4.74 Å². The summed E-state index contributed by atoms with van der Waals surface area (Å²) in [5.41, 5.74) is 0.918. The van der Waals surface area contributed by atoms with Crippen molar-refractivity contribution in [2.75, 3.05) is 38.3 Å². The first-order chi connectivity index (χ1) is 9.20. The van der Waals surface area contributed by atoms with Gasteiger partial charge in [0.05, 0.1) is 13.2 Å². The molecule has 19 heavy (non-hydrogen) atoms. The molecule has 2 rings (SSSR count). The van der Waals surface area contributed by atoms with Crippen molar-refractivity contribution in [3.63, 3.8) is 0 Å². The van der Waals surface area contributed by atoms with Crippen molar-refractivity contribution >= 4 is 5.69 Å². The molecule has 0 aliphatic carbocycles. The average Bonchev–Trinajstić information content (AvgIpc) is 2.83. The largest absolute Gasteiger partial charge is 0.379 e. The van der Waals surface area contributed by atoms with Crippen LogP contribution < -0.4 is 10.2 Å². The zero-order valence-corrected chi connectivity index (χ0v) is 11.7. The van der Waals surface area contributed by atoms with Crippen LogP contribution in [0.4, 0.5) is 10.1 Å². The molecule has 3 nitrogen and oxygen atoms in total.